The maximum Gasteiger partial charge on any atom is 0.155 e. The van der Waals surface area contributed by atoms with Crippen molar-refractivity contribution >= 4 is 22.6 Å². The fraction of sp³-hybridized carbons (Fsp3) is 0.0625. The SMILES string of the molecule is C=C(C)c1nc(-c2cccc(N)c2F)c(-c2ccncn2)s1. The highest BCUT2D eigenvalue weighted by atomic mass is 32.1. The summed E-state index contributed by atoms with van der Waals surface area (Å²) in [6, 6.07) is 6.66. The Kier molecular flexibility index (Phi) is 3.68. The van der Waals surface area contributed by atoms with E-state index in [1.54, 1.807) is 24.4 Å². The molecule has 4 nitrogen and oxygen atoms in total. The maximum atomic E-state index is 14.4. The highest BCUT2D eigenvalue weighted by molar-refractivity contribution is 7.16. The van der Waals surface area contributed by atoms with E-state index in [2.05, 4.69) is 21.5 Å². The Hall–Kier alpha value is -2.60. The molecule has 0 spiro atoms. The van der Waals surface area contributed by atoms with Crippen LogP contribution in [0, 0.1) is 5.82 Å². The molecular formula is C16H13FN4S. The van der Waals surface area contributed by atoms with Gasteiger partial charge in [0.05, 0.1) is 22.0 Å². The summed E-state index contributed by atoms with van der Waals surface area (Å²) in [4.78, 5) is 13.4. The number of anilines is 1. The van der Waals surface area contributed by atoms with Gasteiger partial charge < -0.3 is 5.73 Å². The number of hydrogen-bond acceptors (Lipinski definition) is 5. The van der Waals surface area contributed by atoms with Gasteiger partial charge in [-0.15, -0.1) is 11.3 Å². The number of thiazole rings is 1. The molecule has 0 bridgehead atoms. The molecule has 0 aliphatic carbocycles. The normalized spacial score (nSPS) is 10.6. The first-order valence-electron chi connectivity index (χ1n) is 6.55. The third-order valence-corrected chi connectivity index (χ3v) is 4.33. The number of nitrogen functional groups attached to an aromatic ring is 1. The van der Waals surface area contributed by atoms with Crippen molar-refractivity contribution in [3.63, 3.8) is 0 Å². The van der Waals surface area contributed by atoms with Crippen LogP contribution in [-0.4, -0.2) is 15.0 Å². The lowest BCUT2D eigenvalue weighted by atomic mass is 10.1. The summed E-state index contributed by atoms with van der Waals surface area (Å²) >= 11 is 1.42. The molecule has 0 unspecified atom stereocenters. The lowest BCUT2D eigenvalue weighted by Gasteiger charge is -2.05. The summed E-state index contributed by atoms with van der Waals surface area (Å²) in [7, 11) is 0. The van der Waals surface area contributed by atoms with Gasteiger partial charge in [0.15, 0.2) is 5.82 Å². The third-order valence-electron chi connectivity index (χ3n) is 3.09. The monoisotopic (exact) mass is 312 g/mol. The van der Waals surface area contributed by atoms with Crippen LogP contribution in [0.1, 0.15) is 11.9 Å². The van der Waals surface area contributed by atoms with Crippen LogP contribution in [0.2, 0.25) is 0 Å². The second kappa shape index (κ2) is 5.65. The second-order valence-corrected chi connectivity index (χ2v) is 5.78. The molecule has 2 aromatic heterocycles. The van der Waals surface area contributed by atoms with Gasteiger partial charge in [-0.3, -0.25) is 0 Å². The van der Waals surface area contributed by atoms with Crippen molar-refractivity contribution in [1.82, 2.24) is 15.0 Å². The molecule has 0 fully saturated rings. The number of rotatable bonds is 3. The Balaban J connectivity index is 2.26. The first-order chi connectivity index (χ1) is 10.6. The molecule has 2 N–H and O–H groups in total. The summed E-state index contributed by atoms with van der Waals surface area (Å²) in [5.41, 5.74) is 8.15. The largest absolute Gasteiger partial charge is 0.396 e. The van der Waals surface area contributed by atoms with Crippen LogP contribution >= 0.6 is 11.3 Å². The zero-order valence-electron chi connectivity index (χ0n) is 11.9. The van der Waals surface area contributed by atoms with E-state index in [9.17, 15) is 4.39 Å². The van der Waals surface area contributed by atoms with Crippen molar-refractivity contribution in [3.05, 3.63) is 54.2 Å². The molecule has 22 heavy (non-hydrogen) atoms. The number of aromatic nitrogens is 3. The van der Waals surface area contributed by atoms with Gasteiger partial charge in [0.1, 0.15) is 11.3 Å². The quantitative estimate of drug-likeness (QED) is 0.742. The molecule has 3 aromatic rings. The van der Waals surface area contributed by atoms with Gasteiger partial charge in [0, 0.05) is 11.8 Å². The Bertz CT molecular complexity index is 843. The minimum atomic E-state index is -0.476. The fourth-order valence-electron chi connectivity index (χ4n) is 2.02. The highest BCUT2D eigenvalue weighted by Gasteiger charge is 2.19. The van der Waals surface area contributed by atoms with Crippen LogP contribution in [0.3, 0.4) is 0 Å². The van der Waals surface area contributed by atoms with E-state index in [0.717, 1.165) is 15.5 Å². The summed E-state index contributed by atoms with van der Waals surface area (Å²) in [6.45, 7) is 5.77. The Morgan fingerprint density at radius 1 is 1.32 bits per heavy atom. The molecule has 0 aliphatic rings. The molecule has 6 heteroatoms. The molecule has 3 rings (SSSR count). The average molecular weight is 312 g/mol. The third kappa shape index (κ3) is 2.48. The highest BCUT2D eigenvalue weighted by Crippen LogP contribution is 2.39. The van der Waals surface area contributed by atoms with E-state index in [1.165, 1.54) is 23.7 Å². The summed E-state index contributed by atoms with van der Waals surface area (Å²) in [6.07, 6.45) is 3.09. The molecule has 0 radical (unpaired) electrons. The van der Waals surface area contributed by atoms with E-state index in [0.29, 0.717) is 17.0 Å². The Morgan fingerprint density at radius 3 is 2.82 bits per heavy atom. The summed E-state index contributed by atoms with van der Waals surface area (Å²) in [5.74, 6) is -0.476. The predicted molar refractivity (Wildman–Crippen MR) is 87.7 cm³/mol. The molecule has 0 saturated carbocycles. The molecule has 0 aliphatic heterocycles. The van der Waals surface area contributed by atoms with Crippen LogP contribution in [-0.2, 0) is 0 Å². The van der Waals surface area contributed by atoms with Crippen molar-refractivity contribution in [2.75, 3.05) is 5.73 Å². The smallest absolute Gasteiger partial charge is 0.155 e. The fourth-order valence-corrected chi connectivity index (χ4v) is 3.00. The summed E-state index contributed by atoms with van der Waals surface area (Å²) < 4.78 is 14.4. The van der Waals surface area contributed by atoms with E-state index in [1.807, 2.05) is 6.92 Å². The Morgan fingerprint density at radius 2 is 2.14 bits per heavy atom. The van der Waals surface area contributed by atoms with Gasteiger partial charge in [0.2, 0.25) is 0 Å². The number of nitrogens with two attached hydrogens (primary N) is 1. The van der Waals surface area contributed by atoms with Crippen molar-refractivity contribution in [3.8, 4) is 21.8 Å². The zero-order valence-corrected chi connectivity index (χ0v) is 12.7. The van der Waals surface area contributed by atoms with Gasteiger partial charge in [-0.1, -0.05) is 12.6 Å². The number of nitrogens with zero attached hydrogens (tertiary/aromatic N) is 3. The topological polar surface area (TPSA) is 64.7 Å². The molecule has 110 valence electrons. The van der Waals surface area contributed by atoms with Crippen LogP contribution in [0.25, 0.3) is 27.4 Å². The van der Waals surface area contributed by atoms with Crippen LogP contribution < -0.4 is 5.73 Å². The van der Waals surface area contributed by atoms with E-state index in [-0.39, 0.29) is 5.69 Å². The van der Waals surface area contributed by atoms with Crippen molar-refractivity contribution in [2.45, 2.75) is 6.92 Å². The first kappa shape index (κ1) is 14.3. The van der Waals surface area contributed by atoms with Gasteiger partial charge >= 0.3 is 0 Å². The molecule has 0 atom stereocenters. The van der Waals surface area contributed by atoms with Gasteiger partial charge in [-0.25, -0.2) is 19.3 Å². The zero-order chi connectivity index (χ0) is 15.7. The van der Waals surface area contributed by atoms with Gasteiger partial charge in [-0.05, 0) is 30.7 Å². The van der Waals surface area contributed by atoms with Crippen LogP contribution in [0.4, 0.5) is 10.1 Å². The molecule has 1 aromatic carbocycles. The van der Waals surface area contributed by atoms with E-state index < -0.39 is 5.82 Å². The number of hydrogen-bond donors (Lipinski definition) is 1. The van der Waals surface area contributed by atoms with E-state index >= 15 is 0 Å². The summed E-state index contributed by atoms with van der Waals surface area (Å²) in [5, 5.41) is 0.741. The number of allylic oxidation sites excluding steroid dienone is 1. The minimum Gasteiger partial charge on any atom is -0.396 e. The van der Waals surface area contributed by atoms with E-state index in [4.69, 9.17) is 5.73 Å². The second-order valence-electron chi connectivity index (χ2n) is 4.78. The lowest BCUT2D eigenvalue weighted by molar-refractivity contribution is 0.635. The van der Waals surface area contributed by atoms with Crippen LogP contribution in [0.5, 0.6) is 0 Å². The lowest BCUT2D eigenvalue weighted by Crippen LogP contribution is -1.94. The van der Waals surface area contributed by atoms with Crippen molar-refractivity contribution in [1.29, 1.82) is 0 Å². The maximum absolute atomic E-state index is 14.4. The molecule has 2 heterocycles. The van der Waals surface area contributed by atoms with Crippen molar-refractivity contribution < 1.29 is 4.39 Å². The number of benzene rings is 1. The standard InChI is InChI=1S/C16H13FN4S/c1-9(2)16-21-14(10-4-3-5-11(18)13(10)17)15(22-16)12-6-7-19-8-20-12/h3-8H,1,18H2,2H3. The number of halogens is 1. The molecule has 0 amide bonds. The molecule has 0 saturated heterocycles. The van der Waals surface area contributed by atoms with Gasteiger partial charge in [0.25, 0.3) is 0 Å². The minimum absolute atomic E-state index is 0.0935. The first-order valence-corrected chi connectivity index (χ1v) is 7.37. The van der Waals surface area contributed by atoms with Crippen molar-refractivity contribution in [2.24, 2.45) is 0 Å². The average Bonchev–Trinajstić information content (AvgIpc) is 2.96. The van der Waals surface area contributed by atoms with Gasteiger partial charge in [-0.2, -0.15) is 0 Å². The molecular weight excluding hydrogens is 299 g/mol. The predicted octanol–water partition coefficient (Wildman–Crippen LogP) is 4.02. The Labute approximate surface area is 131 Å². The van der Waals surface area contributed by atoms with Crippen LogP contribution in [0.15, 0.2) is 43.4 Å².